The van der Waals surface area contributed by atoms with Crippen molar-refractivity contribution in [2.75, 3.05) is 68.2 Å². The molecule has 0 bridgehead atoms. The fourth-order valence-corrected chi connectivity index (χ4v) is 11.9. The molecule has 0 radical (unpaired) electrons. The Hall–Kier alpha value is -9.18. The molecule has 11 rings (SSSR count). The number of cyclic esters (lactones) is 1. The Kier molecular flexibility index (Phi) is 15.7. The normalized spacial score (nSPS) is 21.1. The number of ether oxygens (including phenoxy) is 4. The second-order valence-electron chi connectivity index (χ2n) is 20.3. The van der Waals surface area contributed by atoms with E-state index in [4.69, 9.17) is 18.9 Å². The maximum atomic E-state index is 16.9. The van der Waals surface area contributed by atoms with Crippen LogP contribution in [0.15, 0.2) is 182 Å². The topological polar surface area (TPSA) is 194 Å². The molecule has 7 aromatic rings. The minimum Gasteiger partial charge on any atom is -0.491 e. The SMILES string of the molecule is CN(CC#Cc1ccc2c(c1)C1(C(=O)N2C(=O)OCc2ccc([N+](=O)[O-])cc2)C(C(=O)Nc2ccc(N3CCOCC3)cc2)C2C(=O)OC(c3ccccc3)C(c3ccccc3)N2C1c1ccccc1OCCO)Cc1ccccc1. The van der Waals surface area contributed by atoms with Gasteiger partial charge in [0.1, 0.15) is 36.5 Å². The Morgan fingerprint density at radius 2 is 1.47 bits per heavy atom. The number of para-hydroxylation sites is 1. The average molecular weight is 1090 g/mol. The fraction of sp³-hybridized carbons (Fsp3) is 0.250. The summed E-state index contributed by atoms with van der Waals surface area (Å²) in [5.41, 5.74) is 2.89. The lowest BCUT2D eigenvalue weighted by Crippen LogP contribution is -2.54. The predicted octanol–water partition coefficient (Wildman–Crippen LogP) is 8.93. The Balaban J connectivity index is 1.13. The maximum Gasteiger partial charge on any atom is 0.421 e. The van der Waals surface area contributed by atoms with Crippen LogP contribution in [0.5, 0.6) is 5.75 Å². The number of hydrogen-bond donors (Lipinski definition) is 2. The third-order valence-corrected chi connectivity index (χ3v) is 15.4. The summed E-state index contributed by atoms with van der Waals surface area (Å²) in [4.78, 5) is 82.2. The van der Waals surface area contributed by atoms with Gasteiger partial charge in [-0.05, 0) is 95.5 Å². The van der Waals surface area contributed by atoms with Gasteiger partial charge in [0, 0.05) is 54.3 Å². The highest BCUT2D eigenvalue weighted by Crippen LogP contribution is 2.67. The van der Waals surface area contributed by atoms with E-state index in [9.17, 15) is 15.2 Å². The number of benzene rings is 7. The summed E-state index contributed by atoms with van der Waals surface area (Å²) in [7, 11) is 1.96. The van der Waals surface area contributed by atoms with Crippen LogP contribution < -0.4 is 19.9 Å². The van der Waals surface area contributed by atoms with Gasteiger partial charge in [0.05, 0.1) is 55.0 Å². The molecule has 1 spiro atoms. The lowest BCUT2D eigenvalue weighted by molar-refractivity contribution is -0.384. The van der Waals surface area contributed by atoms with Gasteiger partial charge in [-0.3, -0.25) is 34.3 Å². The van der Waals surface area contributed by atoms with Gasteiger partial charge >= 0.3 is 12.1 Å². The van der Waals surface area contributed by atoms with E-state index in [0.717, 1.165) is 16.2 Å². The van der Waals surface area contributed by atoms with Crippen molar-refractivity contribution in [3.05, 3.63) is 231 Å². The van der Waals surface area contributed by atoms with E-state index in [-0.39, 0.29) is 42.5 Å². The maximum absolute atomic E-state index is 16.9. The average Bonchev–Trinajstić information content (AvgIpc) is 1.69. The number of amides is 3. The number of esters is 1. The fourth-order valence-electron chi connectivity index (χ4n) is 11.9. The molecule has 3 saturated heterocycles. The van der Waals surface area contributed by atoms with Crippen molar-refractivity contribution >= 4 is 46.6 Å². The molecule has 6 atom stereocenters. The van der Waals surface area contributed by atoms with E-state index in [1.54, 1.807) is 54.6 Å². The zero-order chi connectivity index (χ0) is 56.0. The second-order valence-corrected chi connectivity index (χ2v) is 20.3. The summed E-state index contributed by atoms with van der Waals surface area (Å²) in [6.07, 6.45) is -2.10. The van der Waals surface area contributed by atoms with Crippen LogP contribution in [-0.4, -0.2) is 103 Å². The summed E-state index contributed by atoms with van der Waals surface area (Å²) >= 11 is 0. The molecule has 17 heteroatoms. The molecule has 81 heavy (non-hydrogen) atoms. The number of carbonyl (C=O) groups is 4. The van der Waals surface area contributed by atoms with Crippen molar-refractivity contribution < 1.29 is 48.2 Å². The first-order chi connectivity index (χ1) is 39.5. The van der Waals surface area contributed by atoms with Crippen molar-refractivity contribution in [2.24, 2.45) is 5.92 Å². The molecule has 0 saturated carbocycles. The number of nitro groups is 1. The molecule has 4 aliphatic rings. The van der Waals surface area contributed by atoms with Crippen LogP contribution in [0.2, 0.25) is 0 Å². The molecule has 3 fully saturated rings. The number of morpholine rings is 2. The number of rotatable bonds is 15. The first-order valence-electron chi connectivity index (χ1n) is 26.8. The Morgan fingerprint density at radius 3 is 2.16 bits per heavy atom. The predicted molar refractivity (Wildman–Crippen MR) is 302 cm³/mol. The van der Waals surface area contributed by atoms with Gasteiger partial charge in [-0.25, -0.2) is 9.69 Å². The first-order valence-corrected chi connectivity index (χ1v) is 26.8. The highest BCUT2D eigenvalue weighted by molar-refractivity contribution is 6.24. The van der Waals surface area contributed by atoms with Gasteiger partial charge in [0.15, 0.2) is 0 Å². The zero-order valence-electron chi connectivity index (χ0n) is 44.3. The lowest BCUT2D eigenvalue weighted by atomic mass is 9.65. The summed E-state index contributed by atoms with van der Waals surface area (Å²) in [6, 6.07) is 49.8. The quantitative estimate of drug-likeness (QED) is 0.0428. The highest BCUT2D eigenvalue weighted by atomic mass is 16.6. The summed E-state index contributed by atoms with van der Waals surface area (Å²) in [5.74, 6) is 2.79. The molecule has 3 amide bonds. The van der Waals surface area contributed by atoms with Gasteiger partial charge < -0.3 is 34.3 Å². The molecule has 410 valence electrons. The first kappa shape index (κ1) is 53.8. The second kappa shape index (κ2) is 23.7. The largest absolute Gasteiger partial charge is 0.491 e. The Labute approximate surface area is 468 Å². The van der Waals surface area contributed by atoms with Crippen molar-refractivity contribution in [3.63, 3.8) is 0 Å². The third-order valence-electron chi connectivity index (χ3n) is 15.4. The van der Waals surface area contributed by atoms with E-state index in [2.05, 4.69) is 27.0 Å². The number of carbonyl (C=O) groups excluding carboxylic acids is 4. The van der Waals surface area contributed by atoms with E-state index >= 15 is 19.2 Å². The molecule has 6 unspecified atom stereocenters. The number of aliphatic hydroxyl groups excluding tert-OH is 1. The van der Waals surface area contributed by atoms with E-state index in [1.165, 1.54) is 24.3 Å². The summed E-state index contributed by atoms with van der Waals surface area (Å²) in [6.45, 7) is 2.57. The summed E-state index contributed by atoms with van der Waals surface area (Å²) in [5, 5.41) is 24.9. The van der Waals surface area contributed by atoms with Gasteiger partial charge in [0.2, 0.25) is 11.8 Å². The number of imide groups is 1. The highest BCUT2D eigenvalue weighted by Gasteiger charge is 2.76. The zero-order valence-corrected chi connectivity index (χ0v) is 44.3. The number of anilines is 3. The minimum absolute atomic E-state index is 0.0796. The molecule has 17 nitrogen and oxygen atoms in total. The number of non-ortho nitro benzene ring substituents is 1. The van der Waals surface area contributed by atoms with E-state index < -0.39 is 64.4 Å². The number of nitro benzene ring substituents is 1. The Morgan fingerprint density at radius 1 is 0.802 bits per heavy atom. The van der Waals surface area contributed by atoms with E-state index in [1.807, 2.05) is 115 Å². The monoisotopic (exact) mass is 1090 g/mol. The van der Waals surface area contributed by atoms with Crippen LogP contribution in [-0.2, 0) is 47.2 Å². The van der Waals surface area contributed by atoms with Crippen molar-refractivity contribution in [1.82, 2.24) is 9.80 Å². The molecule has 0 aliphatic carbocycles. The smallest absolute Gasteiger partial charge is 0.421 e. The van der Waals surface area contributed by atoms with Gasteiger partial charge in [-0.15, -0.1) is 0 Å². The lowest BCUT2D eigenvalue weighted by Gasteiger charge is -2.46. The minimum atomic E-state index is -2.21. The summed E-state index contributed by atoms with van der Waals surface area (Å²) < 4.78 is 24.6. The van der Waals surface area contributed by atoms with Crippen molar-refractivity contribution in [1.29, 1.82) is 0 Å². The van der Waals surface area contributed by atoms with Gasteiger partial charge in [-0.1, -0.05) is 121 Å². The molecule has 0 aromatic heterocycles. The van der Waals surface area contributed by atoms with E-state index in [0.29, 0.717) is 72.9 Å². The Bertz CT molecular complexity index is 3500. The molecule has 7 aromatic carbocycles. The molecule has 4 heterocycles. The number of fused-ring (bicyclic) bond motifs is 3. The van der Waals surface area contributed by atoms with Gasteiger partial charge in [-0.2, -0.15) is 0 Å². The van der Waals surface area contributed by atoms with Crippen LogP contribution in [0.25, 0.3) is 0 Å². The molecular formula is C64H58N6O11. The molecule has 2 N–H and O–H groups in total. The van der Waals surface area contributed by atoms with Crippen LogP contribution in [0.3, 0.4) is 0 Å². The number of nitrogens with zero attached hydrogens (tertiary/aromatic N) is 5. The van der Waals surface area contributed by atoms with Crippen LogP contribution in [0.1, 0.15) is 57.1 Å². The molecular weight excluding hydrogens is 1030 g/mol. The number of nitrogens with one attached hydrogen (secondary N) is 1. The third kappa shape index (κ3) is 10.6. The van der Waals surface area contributed by atoms with Crippen LogP contribution in [0.4, 0.5) is 27.5 Å². The number of hydrogen-bond acceptors (Lipinski definition) is 14. The van der Waals surface area contributed by atoms with Crippen LogP contribution in [0, 0.1) is 27.9 Å². The van der Waals surface area contributed by atoms with Crippen molar-refractivity contribution in [2.45, 2.75) is 42.8 Å². The molecule has 4 aliphatic heterocycles. The van der Waals surface area contributed by atoms with Crippen LogP contribution >= 0.6 is 0 Å². The standard InChI is InChI=1S/C64H58N6O11/c1-66(41-44-14-5-2-6-15-44)33-13-16-43-25-32-53-52(40-43)64(62(74)68(53)63(75)80-42-45-23-28-50(29-24-45)70(76)77)55(60(72)65-48-26-30-49(31-27-48)67-34-37-78-38-35-67)57-61(73)81-58(47-19-9-4-10-20-47)56(46-17-7-3-8-18-46)69(57)59(64)51-21-11-12-22-54(51)79-39-36-71/h2-12,14-15,17-32,40,55-59,71H,33-39,41-42H2,1H3,(H,65,72). The van der Waals surface area contributed by atoms with Gasteiger partial charge in [0.25, 0.3) is 5.69 Å². The number of aliphatic hydroxyl groups is 1. The van der Waals surface area contributed by atoms with Crippen molar-refractivity contribution in [3.8, 4) is 17.6 Å².